The van der Waals surface area contributed by atoms with Crippen molar-refractivity contribution in [1.82, 2.24) is 0 Å². The van der Waals surface area contributed by atoms with Crippen molar-refractivity contribution in [2.75, 3.05) is 12.4 Å². The molecule has 1 rings (SSSR count). The topological polar surface area (TPSA) is 55.4 Å². The minimum absolute atomic E-state index is 0.0705. The first-order valence-corrected chi connectivity index (χ1v) is 6.31. The molecule has 94 valence electrons. The minimum Gasteiger partial charge on any atom is -0.465 e. The van der Waals surface area contributed by atoms with Gasteiger partial charge in [0.15, 0.2) is 0 Å². The Morgan fingerprint density at radius 1 is 1.35 bits per heavy atom. The number of rotatable bonds is 4. The van der Waals surface area contributed by atoms with Crippen LogP contribution in [0.25, 0.3) is 0 Å². The number of amides is 1. The molecule has 0 fully saturated rings. The number of nitrogens with one attached hydrogen (secondary N) is 1. The number of thiophene rings is 1. The van der Waals surface area contributed by atoms with E-state index in [4.69, 9.17) is 4.74 Å². The summed E-state index contributed by atoms with van der Waals surface area (Å²) < 4.78 is 4.73. The van der Waals surface area contributed by atoms with Gasteiger partial charge in [0.05, 0.1) is 12.7 Å². The van der Waals surface area contributed by atoms with Gasteiger partial charge in [0.2, 0.25) is 5.91 Å². The van der Waals surface area contributed by atoms with Gasteiger partial charge in [-0.15, -0.1) is 11.3 Å². The monoisotopic (exact) mass is 255 g/mol. The lowest BCUT2D eigenvalue weighted by molar-refractivity contribution is -0.116. The van der Waals surface area contributed by atoms with Gasteiger partial charge in [-0.1, -0.05) is 6.92 Å². The lowest BCUT2D eigenvalue weighted by Crippen LogP contribution is -2.13. The molecule has 0 aromatic carbocycles. The van der Waals surface area contributed by atoms with E-state index in [1.807, 2.05) is 20.8 Å². The van der Waals surface area contributed by atoms with Crippen molar-refractivity contribution in [2.45, 2.75) is 33.6 Å². The van der Waals surface area contributed by atoms with E-state index in [2.05, 4.69) is 5.32 Å². The molecule has 5 heteroatoms. The van der Waals surface area contributed by atoms with Gasteiger partial charge < -0.3 is 10.1 Å². The first kappa shape index (κ1) is 13.7. The molecule has 0 bridgehead atoms. The Hall–Kier alpha value is -1.36. The second-order valence-corrected chi connectivity index (χ2v) is 5.00. The zero-order valence-corrected chi connectivity index (χ0v) is 11.4. The molecule has 0 saturated heterocycles. The molecule has 17 heavy (non-hydrogen) atoms. The highest BCUT2D eigenvalue weighted by molar-refractivity contribution is 7.16. The highest BCUT2D eigenvalue weighted by Gasteiger charge is 2.21. The van der Waals surface area contributed by atoms with Crippen molar-refractivity contribution in [2.24, 2.45) is 0 Å². The first-order valence-electron chi connectivity index (χ1n) is 5.49. The Morgan fingerprint density at radius 3 is 2.53 bits per heavy atom. The molecule has 0 spiro atoms. The third kappa shape index (κ3) is 3.06. The van der Waals surface area contributed by atoms with Crippen molar-refractivity contribution in [3.05, 3.63) is 16.0 Å². The van der Waals surface area contributed by atoms with Gasteiger partial charge in [-0.3, -0.25) is 4.79 Å². The van der Waals surface area contributed by atoms with Crippen LogP contribution in [0.4, 0.5) is 5.00 Å². The van der Waals surface area contributed by atoms with E-state index in [1.165, 1.54) is 18.4 Å². The van der Waals surface area contributed by atoms with Crippen LogP contribution in [0.5, 0.6) is 0 Å². The molecule has 1 aromatic rings. The van der Waals surface area contributed by atoms with Crippen molar-refractivity contribution in [3.63, 3.8) is 0 Å². The number of hydrogen-bond acceptors (Lipinski definition) is 4. The zero-order chi connectivity index (χ0) is 13.0. The Kier molecular flexibility index (Phi) is 4.69. The number of anilines is 1. The summed E-state index contributed by atoms with van der Waals surface area (Å²) in [5, 5.41) is 3.36. The van der Waals surface area contributed by atoms with E-state index >= 15 is 0 Å². The number of methoxy groups -OCH3 is 1. The van der Waals surface area contributed by atoms with Crippen molar-refractivity contribution in [1.29, 1.82) is 0 Å². The molecule has 0 aliphatic rings. The molecule has 1 heterocycles. The van der Waals surface area contributed by atoms with E-state index in [0.717, 1.165) is 16.9 Å². The van der Waals surface area contributed by atoms with Gasteiger partial charge in [0, 0.05) is 11.3 Å². The van der Waals surface area contributed by atoms with Crippen LogP contribution in [-0.4, -0.2) is 19.0 Å². The largest absolute Gasteiger partial charge is 0.465 e. The summed E-state index contributed by atoms with van der Waals surface area (Å²) in [5.41, 5.74) is 1.34. The predicted octanol–water partition coefficient (Wildman–Crippen LogP) is 2.89. The highest BCUT2D eigenvalue weighted by atomic mass is 32.1. The summed E-state index contributed by atoms with van der Waals surface area (Å²) in [4.78, 5) is 24.2. The van der Waals surface area contributed by atoms with Crippen LogP contribution in [0.2, 0.25) is 0 Å². The van der Waals surface area contributed by atoms with E-state index in [9.17, 15) is 9.59 Å². The molecular weight excluding hydrogens is 238 g/mol. The maximum absolute atomic E-state index is 11.6. The second-order valence-electron chi connectivity index (χ2n) is 3.78. The van der Waals surface area contributed by atoms with Crippen LogP contribution in [0.1, 0.15) is 40.6 Å². The molecule has 1 aromatic heterocycles. The normalized spacial score (nSPS) is 10.1. The predicted molar refractivity (Wildman–Crippen MR) is 68.7 cm³/mol. The van der Waals surface area contributed by atoms with Crippen LogP contribution in [-0.2, 0) is 9.53 Å². The molecule has 0 aliphatic heterocycles. The maximum atomic E-state index is 11.6. The lowest BCUT2D eigenvalue weighted by Gasteiger charge is -2.05. The molecular formula is C12H17NO3S. The van der Waals surface area contributed by atoms with Crippen LogP contribution < -0.4 is 5.32 Å². The zero-order valence-electron chi connectivity index (χ0n) is 10.5. The fourth-order valence-corrected chi connectivity index (χ4v) is 2.54. The van der Waals surface area contributed by atoms with E-state index < -0.39 is 5.97 Å². The summed E-state index contributed by atoms with van der Waals surface area (Å²) >= 11 is 1.41. The molecule has 0 saturated carbocycles. The van der Waals surface area contributed by atoms with Gasteiger partial charge in [0.1, 0.15) is 5.00 Å². The van der Waals surface area contributed by atoms with Crippen LogP contribution in [0.3, 0.4) is 0 Å². The van der Waals surface area contributed by atoms with Gasteiger partial charge in [-0.25, -0.2) is 4.79 Å². The lowest BCUT2D eigenvalue weighted by atomic mass is 10.1. The van der Waals surface area contributed by atoms with Crippen molar-refractivity contribution in [3.8, 4) is 0 Å². The fourth-order valence-electron chi connectivity index (χ4n) is 1.48. The standard InChI is InChI=1S/C12H17NO3S/c1-5-6-9(14)13-11-10(12(15)16-4)7(2)8(3)17-11/h5-6H2,1-4H3,(H,13,14). The van der Waals surface area contributed by atoms with Gasteiger partial charge in [-0.05, 0) is 25.8 Å². The maximum Gasteiger partial charge on any atom is 0.341 e. The summed E-state index contributed by atoms with van der Waals surface area (Å²) in [6, 6.07) is 0. The molecule has 0 unspecified atom stereocenters. The number of esters is 1. The van der Waals surface area contributed by atoms with E-state index in [1.54, 1.807) is 0 Å². The Labute approximate surface area is 105 Å². The minimum atomic E-state index is -0.404. The van der Waals surface area contributed by atoms with Gasteiger partial charge >= 0.3 is 5.97 Å². The SMILES string of the molecule is CCCC(=O)Nc1sc(C)c(C)c1C(=O)OC. The molecule has 1 N–H and O–H groups in total. The number of carbonyl (C=O) groups is 2. The summed E-state index contributed by atoms with van der Waals surface area (Å²) in [6.07, 6.45) is 1.24. The second kappa shape index (κ2) is 5.82. The van der Waals surface area contributed by atoms with Crippen molar-refractivity contribution < 1.29 is 14.3 Å². The average molecular weight is 255 g/mol. The quantitative estimate of drug-likeness (QED) is 0.842. The number of aryl methyl sites for hydroxylation is 1. The summed E-state index contributed by atoms with van der Waals surface area (Å²) in [5.74, 6) is -0.474. The molecule has 0 aliphatic carbocycles. The molecule has 4 nitrogen and oxygen atoms in total. The average Bonchev–Trinajstić information content (AvgIpc) is 2.54. The fraction of sp³-hybridized carbons (Fsp3) is 0.500. The van der Waals surface area contributed by atoms with Crippen LogP contribution in [0.15, 0.2) is 0 Å². The van der Waals surface area contributed by atoms with Crippen LogP contribution in [0, 0.1) is 13.8 Å². The smallest absolute Gasteiger partial charge is 0.341 e. The third-order valence-electron chi connectivity index (χ3n) is 2.50. The van der Waals surface area contributed by atoms with E-state index in [-0.39, 0.29) is 5.91 Å². The van der Waals surface area contributed by atoms with Gasteiger partial charge in [-0.2, -0.15) is 0 Å². The summed E-state index contributed by atoms with van der Waals surface area (Å²) in [7, 11) is 1.34. The number of hydrogen-bond donors (Lipinski definition) is 1. The summed E-state index contributed by atoms with van der Waals surface area (Å²) in [6.45, 7) is 5.71. The van der Waals surface area contributed by atoms with Gasteiger partial charge in [0.25, 0.3) is 0 Å². The molecule has 1 amide bonds. The Bertz CT molecular complexity index is 437. The first-order chi connectivity index (χ1) is 8.01. The molecule has 0 atom stereocenters. The third-order valence-corrected chi connectivity index (χ3v) is 3.63. The number of carbonyl (C=O) groups excluding carboxylic acids is 2. The highest BCUT2D eigenvalue weighted by Crippen LogP contribution is 2.32. The van der Waals surface area contributed by atoms with Crippen LogP contribution >= 0.6 is 11.3 Å². The molecule has 0 radical (unpaired) electrons. The van der Waals surface area contributed by atoms with Crippen molar-refractivity contribution >= 4 is 28.2 Å². The Balaban J connectivity index is 3.03. The number of ether oxygens (including phenoxy) is 1. The van der Waals surface area contributed by atoms with E-state index in [0.29, 0.717) is 17.0 Å². The Morgan fingerprint density at radius 2 is 2.00 bits per heavy atom.